The van der Waals surface area contributed by atoms with Crippen molar-refractivity contribution < 1.29 is 9.84 Å². The van der Waals surface area contributed by atoms with Gasteiger partial charge in [0.05, 0.1) is 18.3 Å². The van der Waals surface area contributed by atoms with Crippen molar-refractivity contribution in [2.45, 2.75) is 57.8 Å². The molecular weight excluding hydrogens is 164 g/mol. The Morgan fingerprint density at radius 2 is 2.15 bits per heavy atom. The summed E-state index contributed by atoms with van der Waals surface area (Å²) in [6, 6.07) is 0. The molecule has 0 bridgehead atoms. The number of ether oxygens (including phenoxy) is 1. The summed E-state index contributed by atoms with van der Waals surface area (Å²) in [5, 5.41) is 9.63. The number of allylic oxidation sites excluding steroid dienone is 1. The molecule has 0 saturated carbocycles. The van der Waals surface area contributed by atoms with Crippen LogP contribution >= 0.6 is 0 Å². The summed E-state index contributed by atoms with van der Waals surface area (Å²) in [5.41, 5.74) is 0. The number of rotatable bonds is 3. The van der Waals surface area contributed by atoms with Gasteiger partial charge in [-0.1, -0.05) is 19.1 Å². The zero-order chi connectivity index (χ0) is 9.68. The molecule has 0 aromatic heterocycles. The first-order chi connectivity index (χ1) is 6.24. The van der Waals surface area contributed by atoms with E-state index in [1.165, 1.54) is 0 Å². The van der Waals surface area contributed by atoms with Crippen LogP contribution in [0.25, 0.3) is 0 Å². The Morgan fingerprint density at radius 1 is 1.38 bits per heavy atom. The average Bonchev–Trinajstić information content (AvgIpc) is 2.11. The largest absolute Gasteiger partial charge is 0.390 e. The molecule has 1 aliphatic rings. The van der Waals surface area contributed by atoms with Gasteiger partial charge in [-0.2, -0.15) is 0 Å². The highest BCUT2D eigenvalue weighted by atomic mass is 16.5. The van der Waals surface area contributed by atoms with Gasteiger partial charge in [0.2, 0.25) is 0 Å². The Bertz CT molecular complexity index is 165. The Balaban J connectivity index is 2.33. The maximum absolute atomic E-state index is 9.63. The van der Waals surface area contributed by atoms with E-state index in [0.717, 1.165) is 25.7 Å². The molecule has 0 aromatic carbocycles. The van der Waals surface area contributed by atoms with Crippen LogP contribution in [0.15, 0.2) is 12.2 Å². The minimum absolute atomic E-state index is 0.0200. The van der Waals surface area contributed by atoms with Crippen molar-refractivity contribution in [3.8, 4) is 0 Å². The zero-order valence-corrected chi connectivity index (χ0v) is 8.57. The van der Waals surface area contributed by atoms with Crippen LogP contribution in [0.4, 0.5) is 0 Å². The fourth-order valence-electron chi connectivity index (χ4n) is 1.66. The molecule has 0 aromatic rings. The van der Waals surface area contributed by atoms with Gasteiger partial charge in [-0.15, -0.1) is 0 Å². The molecule has 1 rings (SSSR count). The van der Waals surface area contributed by atoms with Crippen molar-refractivity contribution in [2.75, 3.05) is 0 Å². The maximum atomic E-state index is 9.63. The average molecular weight is 184 g/mol. The normalized spacial score (nSPS) is 35.5. The van der Waals surface area contributed by atoms with Crippen molar-refractivity contribution >= 4 is 0 Å². The van der Waals surface area contributed by atoms with E-state index in [1.54, 1.807) is 0 Å². The van der Waals surface area contributed by atoms with Gasteiger partial charge in [-0.3, -0.25) is 0 Å². The van der Waals surface area contributed by atoms with Crippen LogP contribution in [0.1, 0.15) is 39.5 Å². The van der Waals surface area contributed by atoms with Crippen LogP contribution in [0.3, 0.4) is 0 Å². The Morgan fingerprint density at radius 3 is 2.85 bits per heavy atom. The third-order valence-corrected chi connectivity index (χ3v) is 2.48. The highest BCUT2D eigenvalue weighted by Gasteiger charge is 2.26. The number of hydrogen-bond donors (Lipinski definition) is 1. The van der Waals surface area contributed by atoms with Gasteiger partial charge < -0.3 is 9.84 Å². The molecule has 0 spiro atoms. The van der Waals surface area contributed by atoms with Gasteiger partial charge in [0.25, 0.3) is 0 Å². The fraction of sp³-hybridized carbons (Fsp3) is 0.818. The van der Waals surface area contributed by atoms with Gasteiger partial charge in [0.1, 0.15) is 0 Å². The molecule has 76 valence electrons. The summed E-state index contributed by atoms with van der Waals surface area (Å²) in [7, 11) is 0. The fourth-order valence-corrected chi connectivity index (χ4v) is 1.66. The summed E-state index contributed by atoms with van der Waals surface area (Å²) >= 11 is 0. The van der Waals surface area contributed by atoms with Crippen molar-refractivity contribution in [3.05, 3.63) is 12.2 Å². The number of aliphatic hydroxyl groups is 1. The van der Waals surface area contributed by atoms with Crippen molar-refractivity contribution in [3.63, 3.8) is 0 Å². The molecule has 1 fully saturated rings. The van der Waals surface area contributed by atoms with Crippen LogP contribution in [-0.4, -0.2) is 23.4 Å². The van der Waals surface area contributed by atoms with Gasteiger partial charge in [0.15, 0.2) is 0 Å². The maximum Gasteiger partial charge on any atom is 0.0871 e. The highest BCUT2D eigenvalue weighted by molar-refractivity contribution is 4.88. The second-order valence-electron chi connectivity index (χ2n) is 3.75. The molecule has 2 heteroatoms. The van der Waals surface area contributed by atoms with Crippen LogP contribution in [0.2, 0.25) is 0 Å². The highest BCUT2D eigenvalue weighted by Crippen LogP contribution is 2.21. The first-order valence-corrected chi connectivity index (χ1v) is 5.22. The summed E-state index contributed by atoms with van der Waals surface area (Å²) in [4.78, 5) is 0. The van der Waals surface area contributed by atoms with E-state index in [4.69, 9.17) is 4.74 Å². The first-order valence-electron chi connectivity index (χ1n) is 5.22. The van der Waals surface area contributed by atoms with E-state index in [0.29, 0.717) is 6.10 Å². The molecule has 1 aliphatic heterocycles. The monoisotopic (exact) mass is 184 g/mol. The van der Waals surface area contributed by atoms with Crippen molar-refractivity contribution in [2.24, 2.45) is 0 Å². The molecule has 0 unspecified atom stereocenters. The second kappa shape index (κ2) is 5.40. The lowest BCUT2D eigenvalue weighted by atomic mass is 9.99. The topological polar surface area (TPSA) is 29.5 Å². The minimum atomic E-state index is -0.266. The summed E-state index contributed by atoms with van der Waals surface area (Å²) in [5.74, 6) is 0. The third-order valence-electron chi connectivity index (χ3n) is 2.48. The Kier molecular flexibility index (Phi) is 4.46. The Labute approximate surface area is 80.6 Å². The van der Waals surface area contributed by atoms with Crippen LogP contribution in [-0.2, 0) is 4.74 Å². The molecule has 0 radical (unpaired) electrons. The van der Waals surface area contributed by atoms with E-state index in [-0.39, 0.29) is 12.2 Å². The van der Waals surface area contributed by atoms with E-state index >= 15 is 0 Å². The second-order valence-corrected chi connectivity index (χ2v) is 3.75. The predicted octanol–water partition coefficient (Wildman–Crippen LogP) is 2.27. The first kappa shape index (κ1) is 10.7. The van der Waals surface area contributed by atoms with Gasteiger partial charge in [0, 0.05) is 0 Å². The van der Waals surface area contributed by atoms with Crippen molar-refractivity contribution in [1.29, 1.82) is 0 Å². The molecule has 2 nitrogen and oxygen atoms in total. The lowest BCUT2D eigenvalue weighted by Crippen LogP contribution is -2.37. The van der Waals surface area contributed by atoms with Gasteiger partial charge in [-0.05, 0) is 32.6 Å². The van der Waals surface area contributed by atoms with E-state index in [2.05, 4.69) is 26.0 Å². The smallest absolute Gasteiger partial charge is 0.0871 e. The molecular formula is C11H20O2. The lowest BCUT2D eigenvalue weighted by molar-refractivity contribution is -0.108. The molecule has 1 heterocycles. The standard InChI is InChI=1S/C11H20O2/c1-3-4-5-6-11-10(12)8-7-9(2)13-11/h4-5,9-12H,3,6-8H2,1-2H3/b5-4+/t9-,10-,11-/m0/s1. The van der Waals surface area contributed by atoms with Crippen molar-refractivity contribution in [1.82, 2.24) is 0 Å². The number of aliphatic hydroxyl groups excluding tert-OH is 1. The summed E-state index contributed by atoms with van der Waals surface area (Å²) in [6.45, 7) is 4.18. The summed E-state index contributed by atoms with van der Waals surface area (Å²) < 4.78 is 5.64. The molecule has 3 atom stereocenters. The van der Waals surface area contributed by atoms with E-state index < -0.39 is 0 Å². The third kappa shape index (κ3) is 3.49. The lowest BCUT2D eigenvalue weighted by Gasteiger charge is -2.31. The number of hydrogen-bond acceptors (Lipinski definition) is 2. The molecule has 1 saturated heterocycles. The minimum Gasteiger partial charge on any atom is -0.390 e. The van der Waals surface area contributed by atoms with Gasteiger partial charge >= 0.3 is 0 Å². The summed E-state index contributed by atoms with van der Waals surface area (Å²) in [6.07, 6.45) is 8.05. The molecule has 0 amide bonds. The van der Waals surface area contributed by atoms with E-state index in [9.17, 15) is 5.11 Å². The van der Waals surface area contributed by atoms with Crippen LogP contribution < -0.4 is 0 Å². The molecule has 0 aliphatic carbocycles. The predicted molar refractivity (Wildman–Crippen MR) is 53.6 cm³/mol. The van der Waals surface area contributed by atoms with Crippen LogP contribution in [0, 0.1) is 0 Å². The quantitative estimate of drug-likeness (QED) is 0.682. The molecule has 13 heavy (non-hydrogen) atoms. The zero-order valence-electron chi connectivity index (χ0n) is 8.57. The van der Waals surface area contributed by atoms with Crippen LogP contribution in [0.5, 0.6) is 0 Å². The Hall–Kier alpha value is -0.340. The van der Waals surface area contributed by atoms with Gasteiger partial charge in [-0.25, -0.2) is 0 Å². The van der Waals surface area contributed by atoms with E-state index in [1.807, 2.05) is 0 Å². The SMILES string of the molecule is CC/C=C/C[C@@H]1O[C@@H](C)CC[C@@H]1O. The molecule has 1 N–H and O–H groups in total.